The van der Waals surface area contributed by atoms with Crippen molar-refractivity contribution in [1.29, 1.82) is 0 Å². The Morgan fingerprint density at radius 1 is 1.28 bits per heavy atom. The number of hydrogen-bond acceptors (Lipinski definition) is 3. The topological polar surface area (TPSA) is 45.5 Å². The molecule has 2 heterocycles. The molecule has 1 N–H and O–H groups in total. The fourth-order valence-corrected chi connectivity index (χ4v) is 4.49. The summed E-state index contributed by atoms with van der Waals surface area (Å²) >= 11 is 0. The number of nitrogens with one attached hydrogen (secondary N) is 1. The molecule has 0 radical (unpaired) electrons. The maximum Gasteiger partial charge on any atom is 0.223 e. The van der Waals surface area contributed by atoms with Gasteiger partial charge in [-0.05, 0) is 69.7 Å². The lowest BCUT2D eigenvalue weighted by molar-refractivity contribution is -0.126. The first-order chi connectivity index (χ1) is 12.3. The van der Waals surface area contributed by atoms with E-state index in [1.165, 1.54) is 44.9 Å². The summed E-state index contributed by atoms with van der Waals surface area (Å²) in [6.07, 6.45) is 12.8. The van der Waals surface area contributed by atoms with Crippen LogP contribution in [0.5, 0.6) is 0 Å². The van der Waals surface area contributed by atoms with Crippen molar-refractivity contribution in [2.24, 2.45) is 11.8 Å². The molecule has 4 heteroatoms. The zero-order valence-electron chi connectivity index (χ0n) is 15.7. The highest BCUT2D eigenvalue weighted by Crippen LogP contribution is 2.32. The zero-order valence-corrected chi connectivity index (χ0v) is 15.7. The summed E-state index contributed by atoms with van der Waals surface area (Å²) < 4.78 is 5.64. The van der Waals surface area contributed by atoms with Gasteiger partial charge in [0.25, 0.3) is 0 Å². The van der Waals surface area contributed by atoms with Crippen molar-refractivity contribution in [3.63, 3.8) is 0 Å². The lowest BCUT2D eigenvalue weighted by Gasteiger charge is -2.30. The summed E-state index contributed by atoms with van der Waals surface area (Å²) in [6.45, 7) is 5.13. The fourth-order valence-electron chi connectivity index (χ4n) is 4.49. The first kappa shape index (κ1) is 18.5. The molecule has 3 rings (SSSR count). The van der Waals surface area contributed by atoms with Gasteiger partial charge in [0.2, 0.25) is 5.91 Å². The Kier molecular flexibility index (Phi) is 6.97. The highest BCUT2D eigenvalue weighted by molar-refractivity contribution is 5.78. The minimum Gasteiger partial charge on any atom is -0.468 e. The maximum atomic E-state index is 12.6. The summed E-state index contributed by atoms with van der Waals surface area (Å²) in [5.74, 6) is 2.30. The molecule has 0 bridgehead atoms. The third-order valence-corrected chi connectivity index (χ3v) is 6.11. The highest BCUT2D eigenvalue weighted by atomic mass is 16.3. The average molecular weight is 347 g/mol. The molecular formula is C21H34N2O2. The van der Waals surface area contributed by atoms with E-state index in [4.69, 9.17) is 4.42 Å². The Morgan fingerprint density at radius 2 is 2.04 bits per heavy atom. The number of likely N-dealkylation sites (tertiary alicyclic amines) is 1. The molecule has 0 spiro atoms. The minimum absolute atomic E-state index is 0.183. The van der Waals surface area contributed by atoms with Crippen LogP contribution in [0.25, 0.3) is 0 Å². The Morgan fingerprint density at radius 3 is 2.68 bits per heavy atom. The van der Waals surface area contributed by atoms with E-state index in [-0.39, 0.29) is 17.9 Å². The molecule has 1 aromatic heterocycles. The smallest absolute Gasteiger partial charge is 0.223 e. The van der Waals surface area contributed by atoms with Crippen LogP contribution in [0.15, 0.2) is 22.8 Å². The molecular weight excluding hydrogens is 312 g/mol. The molecule has 4 nitrogen and oxygen atoms in total. The van der Waals surface area contributed by atoms with Gasteiger partial charge in [-0.2, -0.15) is 0 Å². The van der Waals surface area contributed by atoms with Crippen molar-refractivity contribution in [1.82, 2.24) is 10.2 Å². The monoisotopic (exact) mass is 346 g/mol. The van der Waals surface area contributed by atoms with E-state index in [0.717, 1.165) is 37.6 Å². The number of hydrogen-bond donors (Lipinski definition) is 1. The van der Waals surface area contributed by atoms with E-state index < -0.39 is 0 Å². The molecule has 1 aromatic rings. The van der Waals surface area contributed by atoms with Crippen LogP contribution in [0.1, 0.15) is 76.5 Å². The van der Waals surface area contributed by atoms with Crippen LogP contribution in [-0.2, 0) is 4.79 Å². The van der Waals surface area contributed by atoms with E-state index in [2.05, 4.69) is 17.1 Å². The van der Waals surface area contributed by atoms with Crippen molar-refractivity contribution >= 4 is 5.91 Å². The molecule has 1 saturated carbocycles. The van der Waals surface area contributed by atoms with Crippen molar-refractivity contribution < 1.29 is 9.21 Å². The Labute approximate surface area is 152 Å². The van der Waals surface area contributed by atoms with Crippen molar-refractivity contribution in [2.45, 2.75) is 70.8 Å². The molecule has 2 aliphatic rings. The van der Waals surface area contributed by atoms with E-state index in [1.54, 1.807) is 6.26 Å². The van der Waals surface area contributed by atoms with Gasteiger partial charge in [0, 0.05) is 12.5 Å². The van der Waals surface area contributed by atoms with Crippen molar-refractivity contribution in [2.75, 3.05) is 19.6 Å². The summed E-state index contributed by atoms with van der Waals surface area (Å²) in [7, 11) is 0. The van der Waals surface area contributed by atoms with Crippen LogP contribution in [0.4, 0.5) is 0 Å². The number of nitrogens with zero attached hydrogens (tertiary/aromatic N) is 1. The minimum atomic E-state index is 0.183. The predicted octanol–water partition coefficient (Wildman–Crippen LogP) is 4.53. The molecule has 0 unspecified atom stereocenters. The van der Waals surface area contributed by atoms with E-state index in [1.807, 2.05) is 12.1 Å². The van der Waals surface area contributed by atoms with Gasteiger partial charge in [-0.3, -0.25) is 9.69 Å². The largest absolute Gasteiger partial charge is 0.468 e. The van der Waals surface area contributed by atoms with Gasteiger partial charge in [-0.15, -0.1) is 0 Å². The second kappa shape index (κ2) is 9.42. The number of amides is 1. The molecule has 140 valence electrons. The van der Waals surface area contributed by atoms with E-state index in [9.17, 15) is 4.79 Å². The number of carbonyl (C=O) groups excluding carboxylic acids is 1. The van der Waals surface area contributed by atoms with Gasteiger partial charge < -0.3 is 9.73 Å². The number of unbranched alkanes of at least 4 members (excludes halogenated alkanes) is 1. The summed E-state index contributed by atoms with van der Waals surface area (Å²) in [5, 5.41) is 3.24. The summed E-state index contributed by atoms with van der Waals surface area (Å²) in [6, 6.07) is 4.16. The number of furan rings is 1. The van der Waals surface area contributed by atoms with Gasteiger partial charge in [0.15, 0.2) is 0 Å². The van der Waals surface area contributed by atoms with Crippen LogP contribution in [0, 0.1) is 11.8 Å². The summed E-state index contributed by atoms with van der Waals surface area (Å²) in [4.78, 5) is 15.1. The van der Waals surface area contributed by atoms with Crippen molar-refractivity contribution in [3.8, 4) is 0 Å². The Bertz CT molecular complexity index is 500. The molecule has 25 heavy (non-hydrogen) atoms. The normalized spacial score (nSPS) is 25.8. The van der Waals surface area contributed by atoms with Crippen LogP contribution in [0.3, 0.4) is 0 Å². The average Bonchev–Trinajstić information content (AvgIpc) is 3.35. The quantitative estimate of drug-likeness (QED) is 0.752. The van der Waals surface area contributed by atoms with Crippen LogP contribution in [-0.4, -0.2) is 30.4 Å². The van der Waals surface area contributed by atoms with E-state index in [0.29, 0.717) is 6.54 Å². The fraction of sp³-hybridized carbons (Fsp3) is 0.762. The standard InChI is InChI=1S/C21H34N2O2/c1-2-3-7-17-9-11-18(12-10-17)21(24)22-16-19(20-8-6-15-25-20)23-13-4-5-14-23/h6,8,15,17-19H,2-5,7,9-14,16H2,1H3,(H,22,24)/t17?,18?,19-/m0/s1. The van der Waals surface area contributed by atoms with Gasteiger partial charge in [-0.1, -0.05) is 26.2 Å². The van der Waals surface area contributed by atoms with Crippen LogP contribution < -0.4 is 5.32 Å². The summed E-state index contributed by atoms with van der Waals surface area (Å²) in [5.41, 5.74) is 0. The molecule has 0 aromatic carbocycles. The molecule has 1 aliphatic carbocycles. The highest BCUT2D eigenvalue weighted by Gasteiger charge is 2.29. The van der Waals surface area contributed by atoms with Gasteiger partial charge in [0.05, 0.1) is 12.3 Å². The second-order valence-corrected chi connectivity index (χ2v) is 7.88. The van der Waals surface area contributed by atoms with E-state index >= 15 is 0 Å². The van der Waals surface area contributed by atoms with Gasteiger partial charge >= 0.3 is 0 Å². The first-order valence-corrected chi connectivity index (χ1v) is 10.3. The number of carbonyl (C=O) groups is 1. The first-order valence-electron chi connectivity index (χ1n) is 10.3. The lowest BCUT2D eigenvalue weighted by atomic mass is 9.79. The maximum absolute atomic E-state index is 12.6. The van der Waals surface area contributed by atoms with Crippen LogP contribution in [0.2, 0.25) is 0 Å². The molecule has 1 atom stereocenters. The third-order valence-electron chi connectivity index (χ3n) is 6.11. The molecule has 1 aliphatic heterocycles. The van der Waals surface area contributed by atoms with Crippen LogP contribution >= 0.6 is 0 Å². The second-order valence-electron chi connectivity index (χ2n) is 7.88. The zero-order chi connectivity index (χ0) is 17.5. The SMILES string of the molecule is CCCCC1CCC(C(=O)NC[C@@H](c2ccco2)N2CCCC2)CC1. The van der Waals surface area contributed by atoms with Crippen molar-refractivity contribution in [3.05, 3.63) is 24.2 Å². The molecule has 1 saturated heterocycles. The molecule has 2 fully saturated rings. The number of rotatable bonds is 8. The third kappa shape index (κ3) is 5.10. The Balaban J connectivity index is 1.47. The lowest BCUT2D eigenvalue weighted by Crippen LogP contribution is -2.40. The predicted molar refractivity (Wildman–Crippen MR) is 100 cm³/mol. The van der Waals surface area contributed by atoms with Gasteiger partial charge in [0.1, 0.15) is 5.76 Å². The molecule has 1 amide bonds. The van der Waals surface area contributed by atoms with Gasteiger partial charge in [-0.25, -0.2) is 0 Å². The Hall–Kier alpha value is -1.29.